The third kappa shape index (κ3) is 7.42. The van der Waals surface area contributed by atoms with Gasteiger partial charge in [-0.2, -0.15) is 0 Å². The summed E-state index contributed by atoms with van der Waals surface area (Å²) in [6.45, 7) is 4.93. The van der Waals surface area contributed by atoms with Gasteiger partial charge in [0.1, 0.15) is 0 Å². The van der Waals surface area contributed by atoms with Crippen LogP contribution in [0.3, 0.4) is 0 Å². The van der Waals surface area contributed by atoms with Crippen molar-refractivity contribution >= 4 is 11.8 Å². The van der Waals surface area contributed by atoms with E-state index >= 15 is 0 Å². The predicted octanol–water partition coefficient (Wildman–Crippen LogP) is -1.71. The van der Waals surface area contributed by atoms with Crippen molar-refractivity contribution in [3.05, 3.63) is 0 Å². The number of aliphatic hydroxyl groups excluding tert-OH is 1. The third-order valence-corrected chi connectivity index (χ3v) is 3.25. The molecule has 0 aliphatic carbocycles. The van der Waals surface area contributed by atoms with Gasteiger partial charge in [-0.05, 0) is 19.4 Å². The number of carbonyl (C=O) groups excluding carboxylic acids is 2. The fourth-order valence-corrected chi connectivity index (χ4v) is 2.30. The molecule has 1 saturated heterocycles. The first-order valence-corrected chi connectivity index (χ1v) is 7.19. The van der Waals surface area contributed by atoms with Crippen LogP contribution >= 0.6 is 0 Å². The summed E-state index contributed by atoms with van der Waals surface area (Å²) in [4.78, 5) is 24.4. The highest BCUT2D eigenvalue weighted by Gasteiger charge is 2.19. The summed E-state index contributed by atoms with van der Waals surface area (Å²) in [5.41, 5.74) is 0. The van der Waals surface area contributed by atoms with Crippen molar-refractivity contribution < 1.29 is 14.7 Å². The maximum atomic E-state index is 11.8. The number of hydrogen-bond donors (Lipinski definition) is 4. The average Bonchev–Trinajstić information content (AvgIpc) is 2.87. The van der Waals surface area contributed by atoms with E-state index in [1.807, 2.05) is 4.90 Å². The van der Waals surface area contributed by atoms with Gasteiger partial charge in [0.05, 0.1) is 13.2 Å². The van der Waals surface area contributed by atoms with Crippen LogP contribution < -0.4 is 16.0 Å². The molecule has 7 nitrogen and oxygen atoms in total. The molecule has 1 fully saturated rings. The van der Waals surface area contributed by atoms with Gasteiger partial charge < -0.3 is 21.1 Å². The Morgan fingerprint density at radius 1 is 1.35 bits per heavy atom. The van der Waals surface area contributed by atoms with E-state index in [4.69, 9.17) is 5.11 Å². The topological polar surface area (TPSA) is 93.7 Å². The Labute approximate surface area is 120 Å². The number of nitrogens with zero attached hydrogens (tertiary/aromatic N) is 1. The second-order valence-corrected chi connectivity index (χ2v) is 5.08. The standard InChI is InChI=1S/C13H26N4O3/c1-11(19)14-5-6-16-13(20)10-17(7-8-18)9-12-3-2-4-15-12/h12,15,18H,2-10H2,1H3,(H,14,19)(H,16,20). The van der Waals surface area contributed by atoms with E-state index in [2.05, 4.69) is 16.0 Å². The van der Waals surface area contributed by atoms with E-state index in [1.165, 1.54) is 13.3 Å². The summed E-state index contributed by atoms with van der Waals surface area (Å²) in [6.07, 6.45) is 2.28. The number of nitrogens with one attached hydrogen (secondary N) is 3. The van der Waals surface area contributed by atoms with Crippen molar-refractivity contribution in [1.82, 2.24) is 20.9 Å². The quantitative estimate of drug-likeness (QED) is 0.379. The van der Waals surface area contributed by atoms with Gasteiger partial charge in [0.25, 0.3) is 0 Å². The van der Waals surface area contributed by atoms with E-state index in [9.17, 15) is 9.59 Å². The molecule has 0 radical (unpaired) electrons. The van der Waals surface area contributed by atoms with Crippen LogP contribution in [0.1, 0.15) is 19.8 Å². The first kappa shape index (κ1) is 16.9. The van der Waals surface area contributed by atoms with Gasteiger partial charge in [-0.1, -0.05) is 0 Å². The minimum Gasteiger partial charge on any atom is -0.395 e. The second-order valence-electron chi connectivity index (χ2n) is 5.08. The molecule has 0 bridgehead atoms. The van der Waals surface area contributed by atoms with Crippen LogP contribution in [0.2, 0.25) is 0 Å². The van der Waals surface area contributed by atoms with Gasteiger partial charge in [-0.15, -0.1) is 0 Å². The Kier molecular flexibility index (Phi) is 8.17. The predicted molar refractivity (Wildman–Crippen MR) is 76.2 cm³/mol. The molecule has 0 aromatic carbocycles. The molecular weight excluding hydrogens is 260 g/mol. The molecule has 20 heavy (non-hydrogen) atoms. The number of amides is 2. The van der Waals surface area contributed by atoms with Gasteiger partial charge in [-0.25, -0.2) is 0 Å². The van der Waals surface area contributed by atoms with Gasteiger partial charge >= 0.3 is 0 Å². The monoisotopic (exact) mass is 286 g/mol. The van der Waals surface area contributed by atoms with Crippen molar-refractivity contribution in [3.8, 4) is 0 Å². The molecule has 1 heterocycles. The number of carbonyl (C=O) groups is 2. The zero-order valence-corrected chi connectivity index (χ0v) is 12.2. The Morgan fingerprint density at radius 3 is 2.70 bits per heavy atom. The summed E-state index contributed by atoms with van der Waals surface area (Å²) >= 11 is 0. The van der Waals surface area contributed by atoms with E-state index in [-0.39, 0.29) is 25.0 Å². The summed E-state index contributed by atoms with van der Waals surface area (Å²) in [7, 11) is 0. The Morgan fingerprint density at radius 2 is 2.10 bits per heavy atom. The van der Waals surface area contributed by atoms with Gasteiger partial charge in [-0.3, -0.25) is 14.5 Å². The average molecular weight is 286 g/mol. The first-order chi connectivity index (χ1) is 9.61. The SMILES string of the molecule is CC(=O)NCCNC(=O)CN(CCO)CC1CCCN1. The van der Waals surface area contributed by atoms with Crippen molar-refractivity contribution in [3.63, 3.8) is 0 Å². The number of aliphatic hydroxyl groups is 1. The van der Waals surface area contributed by atoms with Crippen molar-refractivity contribution in [1.29, 1.82) is 0 Å². The molecule has 0 aromatic rings. The number of hydrogen-bond acceptors (Lipinski definition) is 5. The molecule has 4 N–H and O–H groups in total. The lowest BCUT2D eigenvalue weighted by atomic mass is 10.2. The highest BCUT2D eigenvalue weighted by Crippen LogP contribution is 2.06. The minimum absolute atomic E-state index is 0.0475. The lowest BCUT2D eigenvalue weighted by Gasteiger charge is -2.24. The molecule has 7 heteroatoms. The zero-order chi connectivity index (χ0) is 14.8. The molecule has 2 amide bonds. The molecule has 1 rings (SSSR count). The Hall–Kier alpha value is -1.18. The summed E-state index contributed by atoms with van der Waals surface area (Å²) in [6, 6.07) is 0.411. The first-order valence-electron chi connectivity index (χ1n) is 7.19. The fraction of sp³-hybridized carbons (Fsp3) is 0.846. The normalized spacial score (nSPS) is 18.2. The van der Waals surface area contributed by atoms with E-state index in [1.54, 1.807) is 0 Å². The Balaban J connectivity index is 2.21. The molecule has 116 valence electrons. The van der Waals surface area contributed by atoms with Gasteiger partial charge in [0.15, 0.2) is 0 Å². The lowest BCUT2D eigenvalue weighted by Crippen LogP contribution is -2.45. The van der Waals surface area contributed by atoms with Crippen LogP contribution in [0.15, 0.2) is 0 Å². The van der Waals surface area contributed by atoms with E-state index in [0.29, 0.717) is 25.7 Å². The maximum Gasteiger partial charge on any atom is 0.234 e. The van der Waals surface area contributed by atoms with Crippen LogP contribution in [-0.2, 0) is 9.59 Å². The third-order valence-electron chi connectivity index (χ3n) is 3.25. The Bertz CT molecular complexity index is 306. The fourth-order valence-electron chi connectivity index (χ4n) is 2.30. The summed E-state index contributed by atoms with van der Waals surface area (Å²) < 4.78 is 0. The molecule has 0 aromatic heterocycles. The molecule has 1 unspecified atom stereocenters. The molecule has 0 saturated carbocycles. The zero-order valence-electron chi connectivity index (χ0n) is 12.2. The van der Waals surface area contributed by atoms with Gasteiger partial charge in [0.2, 0.25) is 11.8 Å². The highest BCUT2D eigenvalue weighted by atomic mass is 16.3. The smallest absolute Gasteiger partial charge is 0.234 e. The van der Waals surface area contributed by atoms with Crippen molar-refractivity contribution in [2.75, 3.05) is 45.9 Å². The van der Waals surface area contributed by atoms with Crippen LogP contribution in [0.5, 0.6) is 0 Å². The van der Waals surface area contributed by atoms with Crippen molar-refractivity contribution in [2.45, 2.75) is 25.8 Å². The van der Waals surface area contributed by atoms with E-state index in [0.717, 1.165) is 19.5 Å². The number of rotatable bonds is 9. The highest BCUT2D eigenvalue weighted by molar-refractivity contribution is 5.78. The molecule has 1 aliphatic rings. The molecule has 0 spiro atoms. The largest absolute Gasteiger partial charge is 0.395 e. The summed E-state index contributed by atoms with van der Waals surface area (Å²) in [5.74, 6) is -0.185. The van der Waals surface area contributed by atoms with Gasteiger partial charge in [0, 0.05) is 39.1 Å². The van der Waals surface area contributed by atoms with E-state index < -0.39 is 0 Å². The molecule has 1 aliphatic heterocycles. The van der Waals surface area contributed by atoms with Crippen molar-refractivity contribution in [2.24, 2.45) is 0 Å². The molecule has 1 atom stereocenters. The second kappa shape index (κ2) is 9.68. The van der Waals surface area contributed by atoms with Crippen LogP contribution in [0.4, 0.5) is 0 Å². The van der Waals surface area contributed by atoms with Crippen LogP contribution in [-0.4, -0.2) is 73.7 Å². The minimum atomic E-state index is -0.103. The van der Waals surface area contributed by atoms with Crippen LogP contribution in [0, 0.1) is 0 Å². The summed E-state index contributed by atoms with van der Waals surface area (Å²) in [5, 5.41) is 17.8. The van der Waals surface area contributed by atoms with Crippen LogP contribution in [0.25, 0.3) is 0 Å². The molecular formula is C13H26N4O3. The lowest BCUT2D eigenvalue weighted by molar-refractivity contribution is -0.123. The maximum absolute atomic E-state index is 11.8.